The second-order valence-electron chi connectivity index (χ2n) is 2.70. The van der Waals surface area contributed by atoms with Gasteiger partial charge in [0.05, 0.1) is 13.7 Å². The van der Waals surface area contributed by atoms with Crippen molar-refractivity contribution in [3.8, 4) is 5.75 Å². The maximum Gasteiger partial charge on any atom is 0.330 e. The second kappa shape index (κ2) is 5.80. The van der Waals surface area contributed by atoms with Crippen LogP contribution in [0.1, 0.15) is 12.5 Å². The van der Waals surface area contributed by atoms with Gasteiger partial charge in [0, 0.05) is 24.0 Å². The second-order valence-corrected chi connectivity index (χ2v) is 2.70. The zero-order valence-electron chi connectivity index (χ0n) is 8.77. The van der Waals surface area contributed by atoms with Gasteiger partial charge in [0.25, 0.3) is 0 Å². The Hall–Kier alpha value is -1.84. The Balaban J connectivity index is 2.75. The van der Waals surface area contributed by atoms with Crippen LogP contribution in [0.25, 0.3) is 6.08 Å². The van der Waals surface area contributed by atoms with Crippen LogP contribution in [0.2, 0.25) is 0 Å². The van der Waals surface area contributed by atoms with Crippen LogP contribution < -0.4 is 4.74 Å². The Kier molecular flexibility index (Phi) is 4.34. The molecular formula is C11H13NO3. The Morgan fingerprint density at radius 2 is 2.40 bits per heavy atom. The van der Waals surface area contributed by atoms with E-state index in [9.17, 15) is 4.79 Å². The van der Waals surface area contributed by atoms with Gasteiger partial charge in [-0.1, -0.05) is 0 Å². The average Bonchev–Trinajstić information content (AvgIpc) is 2.27. The van der Waals surface area contributed by atoms with E-state index in [1.807, 2.05) is 0 Å². The van der Waals surface area contributed by atoms with Crippen LogP contribution in [-0.2, 0) is 9.53 Å². The van der Waals surface area contributed by atoms with E-state index in [1.54, 1.807) is 38.6 Å². The van der Waals surface area contributed by atoms with E-state index in [-0.39, 0.29) is 5.97 Å². The van der Waals surface area contributed by atoms with Gasteiger partial charge in [-0.15, -0.1) is 0 Å². The molecule has 0 atom stereocenters. The summed E-state index contributed by atoms with van der Waals surface area (Å²) in [5.41, 5.74) is 0.744. The van der Waals surface area contributed by atoms with Crippen LogP contribution in [0, 0.1) is 0 Å². The van der Waals surface area contributed by atoms with Gasteiger partial charge < -0.3 is 9.47 Å². The first-order valence-corrected chi connectivity index (χ1v) is 4.60. The summed E-state index contributed by atoms with van der Waals surface area (Å²) < 4.78 is 9.84. The molecule has 0 aliphatic heterocycles. The Morgan fingerprint density at radius 1 is 1.60 bits per heavy atom. The van der Waals surface area contributed by atoms with Crippen molar-refractivity contribution in [1.29, 1.82) is 0 Å². The van der Waals surface area contributed by atoms with Crippen LogP contribution in [0.3, 0.4) is 0 Å². The maximum absolute atomic E-state index is 11.0. The Morgan fingerprint density at radius 3 is 3.07 bits per heavy atom. The largest absolute Gasteiger partial charge is 0.496 e. The molecule has 0 amide bonds. The number of carbonyl (C=O) groups is 1. The van der Waals surface area contributed by atoms with Gasteiger partial charge in [0.1, 0.15) is 5.75 Å². The summed E-state index contributed by atoms with van der Waals surface area (Å²) in [5, 5.41) is 0. The third-order valence-electron chi connectivity index (χ3n) is 1.72. The molecule has 0 aromatic carbocycles. The number of pyridine rings is 1. The van der Waals surface area contributed by atoms with Crippen molar-refractivity contribution in [1.82, 2.24) is 4.98 Å². The summed E-state index contributed by atoms with van der Waals surface area (Å²) in [6.45, 7) is 2.13. The molecule has 0 saturated carbocycles. The average molecular weight is 207 g/mol. The van der Waals surface area contributed by atoms with Gasteiger partial charge in [-0.3, -0.25) is 4.98 Å². The molecule has 0 unspecified atom stereocenters. The highest BCUT2D eigenvalue weighted by molar-refractivity contribution is 5.87. The highest BCUT2D eigenvalue weighted by Gasteiger charge is 1.99. The molecule has 0 spiro atoms. The third kappa shape index (κ3) is 3.42. The van der Waals surface area contributed by atoms with Crippen molar-refractivity contribution in [2.45, 2.75) is 6.92 Å². The summed E-state index contributed by atoms with van der Waals surface area (Å²) in [7, 11) is 1.57. The van der Waals surface area contributed by atoms with Crippen molar-refractivity contribution >= 4 is 12.0 Å². The molecule has 0 aliphatic carbocycles. The van der Waals surface area contributed by atoms with Crippen LogP contribution in [0.15, 0.2) is 24.5 Å². The molecule has 1 rings (SSSR count). The number of ether oxygens (including phenoxy) is 2. The maximum atomic E-state index is 11.0. The molecule has 0 bridgehead atoms. The van der Waals surface area contributed by atoms with E-state index in [4.69, 9.17) is 9.47 Å². The molecule has 0 radical (unpaired) electrons. The Labute approximate surface area is 88.5 Å². The lowest BCUT2D eigenvalue weighted by Crippen LogP contribution is -1.98. The first kappa shape index (κ1) is 11.2. The van der Waals surface area contributed by atoms with Crippen LogP contribution in [0.4, 0.5) is 0 Å². The van der Waals surface area contributed by atoms with Gasteiger partial charge in [0.2, 0.25) is 0 Å². The minimum atomic E-state index is -0.372. The molecule has 80 valence electrons. The summed E-state index contributed by atoms with van der Waals surface area (Å²) in [6.07, 6.45) is 6.21. The quantitative estimate of drug-likeness (QED) is 0.556. The number of methoxy groups -OCH3 is 1. The zero-order valence-corrected chi connectivity index (χ0v) is 8.77. The molecular weight excluding hydrogens is 194 g/mol. The van der Waals surface area contributed by atoms with E-state index in [0.29, 0.717) is 12.4 Å². The van der Waals surface area contributed by atoms with Gasteiger partial charge >= 0.3 is 5.97 Å². The molecule has 0 N–H and O–H groups in total. The number of rotatable bonds is 4. The lowest BCUT2D eigenvalue weighted by atomic mass is 10.2. The lowest BCUT2D eigenvalue weighted by molar-refractivity contribution is -0.137. The van der Waals surface area contributed by atoms with E-state index in [2.05, 4.69) is 4.98 Å². The van der Waals surface area contributed by atoms with Gasteiger partial charge in [0.15, 0.2) is 0 Å². The highest BCUT2D eigenvalue weighted by Crippen LogP contribution is 2.17. The highest BCUT2D eigenvalue weighted by atomic mass is 16.5. The molecule has 1 aromatic rings. The molecule has 4 nitrogen and oxygen atoms in total. The minimum Gasteiger partial charge on any atom is -0.496 e. The van der Waals surface area contributed by atoms with Crippen molar-refractivity contribution < 1.29 is 14.3 Å². The number of hydrogen-bond donors (Lipinski definition) is 0. The number of carbonyl (C=O) groups excluding carboxylic acids is 1. The summed E-state index contributed by atoms with van der Waals surface area (Å²) in [4.78, 5) is 15.0. The fraction of sp³-hybridized carbons (Fsp3) is 0.273. The molecule has 1 heterocycles. The molecule has 4 heteroatoms. The molecule has 1 aromatic heterocycles. The van der Waals surface area contributed by atoms with E-state index in [1.165, 1.54) is 6.08 Å². The van der Waals surface area contributed by atoms with Crippen LogP contribution in [0.5, 0.6) is 5.75 Å². The van der Waals surface area contributed by atoms with Crippen molar-refractivity contribution in [3.05, 3.63) is 30.1 Å². The standard InChI is InChI=1S/C11H13NO3/c1-3-15-11(13)5-4-9-8-12-7-6-10(9)14-2/h4-8H,3H2,1-2H3. The fourth-order valence-electron chi connectivity index (χ4n) is 1.05. The summed E-state index contributed by atoms with van der Waals surface area (Å²) in [6, 6.07) is 1.73. The zero-order chi connectivity index (χ0) is 11.1. The normalized spacial score (nSPS) is 10.3. The summed E-state index contributed by atoms with van der Waals surface area (Å²) >= 11 is 0. The summed E-state index contributed by atoms with van der Waals surface area (Å²) in [5.74, 6) is 0.300. The Bertz CT molecular complexity index is 361. The SMILES string of the molecule is CCOC(=O)C=Cc1cnccc1OC. The fourth-order valence-corrected chi connectivity index (χ4v) is 1.05. The van der Waals surface area contributed by atoms with Gasteiger partial charge in [-0.25, -0.2) is 4.79 Å². The number of nitrogens with zero attached hydrogens (tertiary/aromatic N) is 1. The number of aromatic nitrogens is 1. The van der Waals surface area contributed by atoms with E-state index < -0.39 is 0 Å². The third-order valence-corrected chi connectivity index (χ3v) is 1.72. The predicted octanol–water partition coefficient (Wildman–Crippen LogP) is 1.67. The van der Waals surface area contributed by atoms with Crippen LogP contribution >= 0.6 is 0 Å². The smallest absolute Gasteiger partial charge is 0.330 e. The monoisotopic (exact) mass is 207 g/mol. The first-order valence-electron chi connectivity index (χ1n) is 4.60. The predicted molar refractivity (Wildman–Crippen MR) is 56.5 cm³/mol. The number of esters is 1. The molecule has 0 aliphatic rings. The van der Waals surface area contributed by atoms with Crippen molar-refractivity contribution in [2.75, 3.05) is 13.7 Å². The van der Waals surface area contributed by atoms with Crippen LogP contribution in [-0.4, -0.2) is 24.7 Å². The molecule has 15 heavy (non-hydrogen) atoms. The molecule has 0 fully saturated rings. The van der Waals surface area contributed by atoms with E-state index >= 15 is 0 Å². The minimum absolute atomic E-state index is 0.368. The van der Waals surface area contributed by atoms with E-state index in [0.717, 1.165) is 5.56 Å². The van der Waals surface area contributed by atoms with Crippen molar-refractivity contribution in [2.24, 2.45) is 0 Å². The lowest BCUT2D eigenvalue weighted by Gasteiger charge is -2.02. The first-order chi connectivity index (χ1) is 7.27. The molecule has 0 saturated heterocycles. The van der Waals surface area contributed by atoms with Gasteiger partial charge in [-0.05, 0) is 19.1 Å². The topological polar surface area (TPSA) is 48.4 Å². The van der Waals surface area contributed by atoms with Crippen molar-refractivity contribution in [3.63, 3.8) is 0 Å². The van der Waals surface area contributed by atoms with Gasteiger partial charge in [-0.2, -0.15) is 0 Å². The number of hydrogen-bond acceptors (Lipinski definition) is 4.